The molecule has 0 bridgehead atoms. The highest BCUT2D eigenvalue weighted by atomic mass is 127. The Labute approximate surface area is 209 Å². The summed E-state index contributed by atoms with van der Waals surface area (Å²) in [5.74, 6) is 2.46. The molecule has 0 aromatic heterocycles. The van der Waals surface area contributed by atoms with Gasteiger partial charge in [-0.25, -0.2) is 0 Å². The minimum absolute atomic E-state index is 0. The zero-order chi connectivity index (χ0) is 22.2. The van der Waals surface area contributed by atoms with E-state index < -0.39 is 0 Å². The van der Waals surface area contributed by atoms with Crippen molar-refractivity contribution in [1.29, 1.82) is 0 Å². The molecule has 2 N–H and O–H groups in total. The van der Waals surface area contributed by atoms with Gasteiger partial charge in [-0.1, -0.05) is 12.1 Å². The van der Waals surface area contributed by atoms with Crippen LogP contribution in [0.5, 0.6) is 11.5 Å². The highest BCUT2D eigenvalue weighted by Crippen LogP contribution is 2.30. The third kappa shape index (κ3) is 7.08. The number of aliphatic imine (C=N–C) groups is 1. The zero-order valence-electron chi connectivity index (χ0n) is 19.7. The molecule has 0 spiro atoms. The van der Waals surface area contributed by atoms with Crippen molar-refractivity contribution in [3.05, 3.63) is 48.0 Å². The van der Waals surface area contributed by atoms with E-state index in [4.69, 9.17) is 9.47 Å². The van der Waals surface area contributed by atoms with Crippen LogP contribution in [-0.4, -0.2) is 67.0 Å². The Bertz CT molecular complexity index is 851. The van der Waals surface area contributed by atoms with Gasteiger partial charge in [-0.15, -0.1) is 24.0 Å². The molecule has 2 aromatic rings. The lowest BCUT2D eigenvalue weighted by molar-refractivity contribution is 0.394. The summed E-state index contributed by atoms with van der Waals surface area (Å²) in [7, 11) is 9.29. The van der Waals surface area contributed by atoms with Crippen molar-refractivity contribution in [3.63, 3.8) is 0 Å². The standard InChI is InChI=1S/C24H35N5O2.HI/c1-25-24(26-12-10-18-6-8-20(9-7-18)28(2)3)27-19-11-13-29(17-19)21-14-22(30-4)16-23(15-21)31-5;/h6-9,14-16,19H,10-13,17H2,1-5H3,(H2,25,26,27);1H. The summed E-state index contributed by atoms with van der Waals surface area (Å²) in [6.45, 7) is 2.72. The topological polar surface area (TPSA) is 61.4 Å². The van der Waals surface area contributed by atoms with Crippen LogP contribution < -0.4 is 29.9 Å². The van der Waals surface area contributed by atoms with Crippen LogP contribution in [0.15, 0.2) is 47.5 Å². The fraction of sp³-hybridized carbons (Fsp3) is 0.458. The van der Waals surface area contributed by atoms with Crippen LogP contribution >= 0.6 is 24.0 Å². The number of ether oxygens (including phenoxy) is 2. The second-order valence-electron chi connectivity index (χ2n) is 7.96. The average molecular weight is 553 g/mol. The molecule has 1 aliphatic rings. The summed E-state index contributed by atoms with van der Waals surface area (Å²) in [6, 6.07) is 15.0. The van der Waals surface area contributed by atoms with Gasteiger partial charge < -0.3 is 29.9 Å². The van der Waals surface area contributed by atoms with E-state index in [1.54, 1.807) is 14.2 Å². The Morgan fingerprint density at radius 2 is 1.75 bits per heavy atom. The minimum atomic E-state index is 0. The molecule has 0 amide bonds. The second-order valence-corrected chi connectivity index (χ2v) is 7.96. The average Bonchev–Trinajstić information content (AvgIpc) is 3.27. The number of rotatable bonds is 8. The minimum Gasteiger partial charge on any atom is -0.497 e. The number of anilines is 2. The van der Waals surface area contributed by atoms with Crippen LogP contribution in [0.2, 0.25) is 0 Å². The van der Waals surface area contributed by atoms with E-state index in [2.05, 4.69) is 75.9 Å². The lowest BCUT2D eigenvalue weighted by atomic mass is 10.1. The molecule has 1 heterocycles. The number of nitrogens with zero attached hydrogens (tertiary/aromatic N) is 3. The highest BCUT2D eigenvalue weighted by molar-refractivity contribution is 14.0. The van der Waals surface area contributed by atoms with Crippen molar-refractivity contribution < 1.29 is 9.47 Å². The van der Waals surface area contributed by atoms with Crippen LogP contribution in [0.25, 0.3) is 0 Å². The second kappa shape index (κ2) is 12.6. The van der Waals surface area contributed by atoms with Gasteiger partial charge in [-0.3, -0.25) is 4.99 Å². The van der Waals surface area contributed by atoms with Gasteiger partial charge in [0.1, 0.15) is 11.5 Å². The number of guanidine groups is 1. The van der Waals surface area contributed by atoms with Gasteiger partial charge in [-0.2, -0.15) is 0 Å². The molecule has 8 heteroatoms. The number of methoxy groups -OCH3 is 2. The molecule has 0 radical (unpaired) electrons. The van der Waals surface area contributed by atoms with Gasteiger partial charge in [0, 0.05) is 76.4 Å². The molecule has 0 saturated carbocycles. The maximum Gasteiger partial charge on any atom is 0.191 e. The van der Waals surface area contributed by atoms with Crippen molar-refractivity contribution in [2.45, 2.75) is 18.9 Å². The molecule has 2 aromatic carbocycles. The lowest BCUT2D eigenvalue weighted by Gasteiger charge is -2.21. The van der Waals surface area contributed by atoms with Crippen molar-refractivity contribution in [2.75, 3.05) is 64.8 Å². The van der Waals surface area contributed by atoms with Gasteiger partial charge in [-0.05, 0) is 30.5 Å². The Morgan fingerprint density at radius 1 is 1.09 bits per heavy atom. The molecule has 1 unspecified atom stereocenters. The van der Waals surface area contributed by atoms with Crippen molar-refractivity contribution in [3.8, 4) is 11.5 Å². The molecule has 32 heavy (non-hydrogen) atoms. The van der Waals surface area contributed by atoms with Gasteiger partial charge >= 0.3 is 0 Å². The van der Waals surface area contributed by atoms with E-state index in [9.17, 15) is 0 Å². The fourth-order valence-electron chi connectivity index (χ4n) is 3.76. The molecule has 176 valence electrons. The third-order valence-electron chi connectivity index (χ3n) is 5.61. The van der Waals surface area contributed by atoms with E-state index in [0.29, 0.717) is 6.04 Å². The molecule has 3 rings (SSSR count). The van der Waals surface area contributed by atoms with Crippen LogP contribution in [-0.2, 0) is 6.42 Å². The van der Waals surface area contributed by atoms with E-state index >= 15 is 0 Å². The summed E-state index contributed by atoms with van der Waals surface area (Å²) in [5, 5.41) is 7.00. The van der Waals surface area contributed by atoms with Crippen molar-refractivity contribution in [2.24, 2.45) is 4.99 Å². The molecule has 0 aliphatic carbocycles. The van der Waals surface area contributed by atoms with Crippen molar-refractivity contribution in [1.82, 2.24) is 10.6 Å². The van der Waals surface area contributed by atoms with E-state index in [1.807, 2.05) is 13.1 Å². The first-order valence-electron chi connectivity index (χ1n) is 10.7. The first kappa shape index (κ1) is 25.9. The Kier molecular flexibility index (Phi) is 10.2. The van der Waals surface area contributed by atoms with E-state index in [0.717, 1.165) is 55.6 Å². The summed E-state index contributed by atoms with van der Waals surface area (Å²) in [4.78, 5) is 8.86. The molecule has 1 atom stereocenters. The van der Waals surface area contributed by atoms with Crippen LogP contribution in [0, 0.1) is 0 Å². The Morgan fingerprint density at radius 3 is 2.31 bits per heavy atom. The maximum atomic E-state index is 5.41. The Hall–Kier alpha value is -2.36. The summed E-state index contributed by atoms with van der Waals surface area (Å²) >= 11 is 0. The first-order valence-corrected chi connectivity index (χ1v) is 10.7. The van der Waals surface area contributed by atoms with Gasteiger partial charge in [0.2, 0.25) is 0 Å². The number of hydrogen-bond donors (Lipinski definition) is 2. The monoisotopic (exact) mass is 553 g/mol. The van der Waals surface area contributed by atoms with Gasteiger partial charge in [0.15, 0.2) is 5.96 Å². The van der Waals surface area contributed by atoms with Crippen LogP contribution in [0.1, 0.15) is 12.0 Å². The highest BCUT2D eigenvalue weighted by Gasteiger charge is 2.24. The quantitative estimate of drug-likeness (QED) is 0.297. The molecular weight excluding hydrogens is 517 g/mol. The molecule has 7 nitrogen and oxygen atoms in total. The number of halogens is 1. The predicted octanol–water partition coefficient (Wildman–Crippen LogP) is 3.37. The normalized spacial score (nSPS) is 15.7. The largest absolute Gasteiger partial charge is 0.497 e. The third-order valence-corrected chi connectivity index (χ3v) is 5.61. The number of hydrogen-bond acceptors (Lipinski definition) is 5. The molecular formula is C24H36IN5O2. The number of nitrogens with one attached hydrogen (secondary N) is 2. The number of benzene rings is 2. The predicted molar refractivity (Wildman–Crippen MR) is 145 cm³/mol. The van der Waals surface area contributed by atoms with E-state index in [1.165, 1.54) is 11.3 Å². The van der Waals surface area contributed by atoms with E-state index in [-0.39, 0.29) is 24.0 Å². The molecule has 1 saturated heterocycles. The molecule has 1 fully saturated rings. The summed E-state index contributed by atoms with van der Waals surface area (Å²) in [5.41, 5.74) is 3.64. The fourth-order valence-corrected chi connectivity index (χ4v) is 3.76. The summed E-state index contributed by atoms with van der Waals surface area (Å²) < 4.78 is 10.8. The van der Waals surface area contributed by atoms with Crippen molar-refractivity contribution >= 4 is 41.3 Å². The Balaban J connectivity index is 0.00000363. The SMILES string of the molecule is CN=C(NCCc1ccc(N(C)C)cc1)NC1CCN(c2cc(OC)cc(OC)c2)C1.I. The first-order chi connectivity index (χ1) is 15.0. The van der Waals surface area contributed by atoms with Gasteiger partial charge in [0.25, 0.3) is 0 Å². The maximum absolute atomic E-state index is 5.41. The summed E-state index contributed by atoms with van der Waals surface area (Å²) in [6.07, 6.45) is 2.00. The van der Waals surface area contributed by atoms with Crippen LogP contribution in [0.3, 0.4) is 0 Å². The smallest absolute Gasteiger partial charge is 0.191 e. The van der Waals surface area contributed by atoms with Crippen LogP contribution in [0.4, 0.5) is 11.4 Å². The van der Waals surface area contributed by atoms with Gasteiger partial charge in [0.05, 0.1) is 14.2 Å². The molecule has 1 aliphatic heterocycles. The zero-order valence-corrected chi connectivity index (χ0v) is 22.1. The lowest BCUT2D eigenvalue weighted by Crippen LogP contribution is -2.45.